The molecule has 0 unspecified atom stereocenters. The van der Waals surface area contributed by atoms with Crippen LogP contribution in [0.15, 0.2) is 146 Å². The molecule has 3 heteroatoms. The van der Waals surface area contributed by atoms with Crippen molar-refractivity contribution < 1.29 is 8.78 Å². The lowest BCUT2D eigenvalue weighted by Crippen LogP contribution is -2.09. The minimum absolute atomic E-state index is 0.242. The van der Waals surface area contributed by atoms with Crippen molar-refractivity contribution in [3.63, 3.8) is 0 Å². The van der Waals surface area contributed by atoms with Crippen molar-refractivity contribution >= 4 is 53.5 Å². The van der Waals surface area contributed by atoms with E-state index in [1.165, 1.54) is 35.4 Å². The van der Waals surface area contributed by atoms with Crippen LogP contribution in [0.3, 0.4) is 0 Å². The minimum Gasteiger partial charge on any atom is -0.311 e. The highest BCUT2D eigenvalue weighted by Crippen LogP contribution is 2.35. The van der Waals surface area contributed by atoms with Gasteiger partial charge >= 0.3 is 0 Å². The Balaban J connectivity index is 1.27. The fraction of sp³-hybridized carbons (Fsp3) is 0.0233. The molecule has 0 saturated carbocycles. The van der Waals surface area contributed by atoms with Crippen molar-refractivity contribution in [3.05, 3.63) is 196 Å². The van der Waals surface area contributed by atoms with Crippen LogP contribution in [0.2, 0.25) is 0 Å². The van der Waals surface area contributed by atoms with E-state index in [9.17, 15) is 8.78 Å². The highest BCUT2D eigenvalue weighted by molar-refractivity contribution is 5.80. The first-order chi connectivity index (χ1) is 22.5. The van der Waals surface area contributed by atoms with E-state index in [1.54, 1.807) is 24.3 Å². The van der Waals surface area contributed by atoms with Crippen LogP contribution in [0, 0.1) is 18.6 Å². The maximum atomic E-state index is 13.3. The molecular weight excluding hydrogens is 568 g/mol. The zero-order valence-corrected chi connectivity index (χ0v) is 25.5. The van der Waals surface area contributed by atoms with Crippen LogP contribution < -0.4 is 4.90 Å². The van der Waals surface area contributed by atoms with Gasteiger partial charge < -0.3 is 4.90 Å². The van der Waals surface area contributed by atoms with Crippen LogP contribution >= 0.6 is 0 Å². The number of benzene rings is 6. The largest absolute Gasteiger partial charge is 0.311 e. The van der Waals surface area contributed by atoms with Crippen molar-refractivity contribution in [1.29, 1.82) is 0 Å². The van der Waals surface area contributed by atoms with Crippen molar-refractivity contribution in [1.82, 2.24) is 0 Å². The van der Waals surface area contributed by atoms with Crippen LogP contribution in [0.1, 0.15) is 38.9 Å². The Kier molecular flexibility index (Phi) is 9.41. The van der Waals surface area contributed by atoms with Gasteiger partial charge in [0.25, 0.3) is 0 Å². The standard InChI is InChI=1S/C43H33F2N/c1-32-3-2-4-38(31-32)10-9-37-19-29-43(30-20-37)46(41-25-15-35(16-26-41)7-5-33-11-21-39(44)22-12-33)42-27-17-36(18-28-42)8-6-34-13-23-40(45)24-14-34/h2-31H,1H3/b7-5+,8-6+,10-9+. The summed E-state index contributed by atoms with van der Waals surface area (Å²) >= 11 is 0. The van der Waals surface area contributed by atoms with Gasteiger partial charge in [-0.2, -0.15) is 0 Å². The summed E-state index contributed by atoms with van der Waals surface area (Å²) in [7, 11) is 0. The molecule has 0 aromatic heterocycles. The van der Waals surface area contributed by atoms with Gasteiger partial charge in [0.1, 0.15) is 11.6 Å². The summed E-state index contributed by atoms with van der Waals surface area (Å²) in [6.07, 6.45) is 12.3. The molecule has 0 fully saturated rings. The summed E-state index contributed by atoms with van der Waals surface area (Å²) in [6.45, 7) is 2.10. The predicted octanol–water partition coefficient (Wildman–Crippen LogP) is 12.3. The number of anilines is 3. The second-order valence-electron chi connectivity index (χ2n) is 11.1. The fourth-order valence-corrected chi connectivity index (χ4v) is 5.15. The molecule has 224 valence electrons. The minimum atomic E-state index is -0.242. The second kappa shape index (κ2) is 14.3. The number of rotatable bonds is 9. The molecule has 6 rings (SSSR count). The van der Waals surface area contributed by atoms with Crippen LogP contribution in [0.5, 0.6) is 0 Å². The zero-order chi connectivity index (χ0) is 31.7. The summed E-state index contributed by atoms with van der Waals surface area (Å²) in [5.41, 5.74) is 10.6. The molecule has 0 aliphatic heterocycles. The Morgan fingerprint density at radius 3 is 1.00 bits per heavy atom. The average Bonchev–Trinajstić information content (AvgIpc) is 3.09. The third kappa shape index (κ3) is 8.02. The molecule has 0 N–H and O–H groups in total. The molecule has 0 radical (unpaired) electrons. The molecule has 0 heterocycles. The number of hydrogen-bond donors (Lipinski definition) is 0. The fourth-order valence-electron chi connectivity index (χ4n) is 5.15. The number of hydrogen-bond acceptors (Lipinski definition) is 1. The monoisotopic (exact) mass is 601 g/mol. The predicted molar refractivity (Wildman–Crippen MR) is 192 cm³/mol. The summed E-state index contributed by atoms with van der Waals surface area (Å²) in [6, 6.07) is 46.7. The number of aryl methyl sites for hydroxylation is 1. The Bertz CT molecular complexity index is 1870. The lowest BCUT2D eigenvalue weighted by Gasteiger charge is -2.26. The molecule has 0 spiro atoms. The smallest absolute Gasteiger partial charge is 0.123 e. The SMILES string of the molecule is Cc1cccc(/C=C/c2ccc(N(c3ccc(/C=C/c4ccc(F)cc4)cc3)c3ccc(/C=C/c4ccc(F)cc4)cc3)cc2)c1. The zero-order valence-electron chi connectivity index (χ0n) is 25.5. The van der Waals surface area contributed by atoms with Gasteiger partial charge in [-0.3, -0.25) is 0 Å². The summed E-state index contributed by atoms with van der Waals surface area (Å²) in [5, 5.41) is 0. The van der Waals surface area contributed by atoms with Gasteiger partial charge in [-0.15, -0.1) is 0 Å². The van der Waals surface area contributed by atoms with Crippen LogP contribution in [0.25, 0.3) is 36.5 Å². The number of halogens is 2. The van der Waals surface area contributed by atoms with E-state index in [1.807, 2.05) is 24.3 Å². The van der Waals surface area contributed by atoms with Crippen molar-refractivity contribution in [2.24, 2.45) is 0 Å². The van der Waals surface area contributed by atoms with Gasteiger partial charge in [0.05, 0.1) is 0 Å². The van der Waals surface area contributed by atoms with E-state index in [0.717, 1.165) is 44.9 Å². The van der Waals surface area contributed by atoms with Crippen LogP contribution in [0.4, 0.5) is 25.8 Å². The first-order valence-electron chi connectivity index (χ1n) is 15.2. The van der Waals surface area contributed by atoms with Crippen molar-refractivity contribution in [2.75, 3.05) is 4.90 Å². The Morgan fingerprint density at radius 1 is 0.370 bits per heavy atom. The molecule has 0 amide bonds. The molecule has 0 saturated heterocycles. The first kappa shape index (κ1) is 30.2. The van der Waals surface area contributed by atoms with Gasteiger partial charge in [0, 0.05) is 17.1 Å². The third-order valence-corrected chi connectivity index (χ3v) is 7.64. The van der Waals surface area contributed by atoms with Crippen LogP contribution in [-0.4, -0.2) is 0 Å². The van der Waals surface area contributed by atoms with Gasteiger partial charge in [0.2, 0.25) is 0 Å². The summed E-state index contributed by atoms with van der Waals surface area (Å²) in [4.78, 5) is 2.23. The maximum Gasteiger partial charge on any atom is 0.123 e. The van der Waals surface area contributed by atoms with E-state index in [-0.39, 0.29) is 11.6 Å². The number of nitrogens with zero attached hydrogens (tertiary/aromatic N) is 1. The Labute approximate surface area is 269 Å². The summed E-state index contributed by atoms with van der Waals surface area (Å²) in [5.74, 6) is -0.484. The molecule has 46 heavy (non-hydrogen) atoms. The third-order valence-electron chi connectivity index (χ3n) is 7.64. The molecule has 1 nitrogen and oxygen atoms in total. The molecule has 0 bridgehead atoms. The Morgan fingerprint density at radius 2 is 0.674 bits per heavy atom. The van der Waals surface area contributed by atoms with Gasteiger partial charge in [-0.05, 0) is 101 Å². The van der Waals surface area contributed by atoms with Gasteiger partial charge in [-0.1, -0.05) is 127 Å². The van der Waals surface area contributed by atoms with Gasteiger partial charge in [-0.25, -0.2) is 8.78 Å². The molecule has 6 aromatic rings. The van der Waals surface area contributed by atoms with E-state index < -0.39 is 0 Å². The van der Waals surface area contributed by atoms with E-state index in [0.29, 0.717) is 0 Å². The van der Waals surface area contributed by atoms with Gasteiger partial charge in [0.15, 0.2) is 0 Å². The van der Waals surface area contributed by atoms with Crippen molar-refractivity contribution in [3.8, 4) is 0 Å². The lowest BCUT2D eigenvalue weighted by atomic mass is 10.1. The molecule has 6 aromatic carbocycles. The van der Waals surface area contributed by atoms with Crippen molar-refractivity contribution in [2.45, 2.75) is 6.92 Å². The highest BCUT2D eigenvalue weighted by atomic mass is 19.1. The topological polar surface area (TPSA) is 3.24 Å². The quantitative estimate of drug-likeness (QED) is 0.149. The lowest BCUT2D eigenvalue weighted by molar-refractivity contribution is 0.627. The maximum absolute atomic E-state index is 13.3. The Hall–Kier alpha value is -5.80. The molecule has 0 atom stereocenters. The van der Waals surface area contributed by atoms with E-state index in [2.05, 4.69) is 121 Å². The van der Waals surface area contributed by atoms with Crippen LogP contribution in [-0.2, 0) is 0 Å². The molecule has 0 aliphatic rings. The first-order valence-corrected chi connectivity index (χ1v) is 15.2. The molecule has 0 aliphatic carbocycles. The molecular formula is C43H33F2N. The van der Waals surface area contributed by atoms with E-state index in [4.69, 9.17) is 0 Å². The van der Waals surface area contributed by atoms with E-state index >= 15 is 0 Å². The summed E-state index contributed by atoms with van der Waals surface area (Å²) < 4.78 is 26.6. The highest BCUT2D eigenvalue weighted by Gasteiger charge is 2.12. The normalized spacial score (nSPS) is 11.5. The average molecular weight is 602 g/mol. The second-order valence-corrected chi connectivity index (χ2v) is 11.1.